The summed E-state index contributed by atoms with van der Waals surface area (Å²) < 4.78 is 41.2. The van der Waals surface area contributed by atoms with Gasteiger partial charge in [0.05, 0.1) is 5.56 Å². The summed E-state index contributed by atoms with van der Waals surface area (Å²) in [6, 6.07) is 9.08. The highest BCUT2D eigenvalue weighted by molar-refractivity contribution is 6.05. The van der Waals surface area contributed by atoms with Crippen molar-refractivity contribution in [3.8, 4) is 5.75 Å². The van der Waals surface area contributed by atoms with Crippen LogP contribution < -0.4 is 10.1 Å². The van der Waals surface area contributed by atoms with Gasteiger partial charge in [-0.2, -0.15) is 0 Å². The quantitative estimate of drug-likeness (QED) is 0.768. The largest absolute Gasteiger partial charge is 0.573 e. The van der Waals surface area contributed by atoms with Crippen molar-refractivity contribution in [1.29, 1.82) is 0 Å². The highest BCUT2D eigenvalue weighted by Gasteiger charge is 2.32. The molecule has 0 spiro atoms. The summed E-state index contributed by atoms with van der Waals surface area (Å²) in [4.78, 5) is 19.2. The lowest BCUT2D eigenvalue weighted by molar-refractivity contribution is -0.274. The minimum atomic E-state index is -4.79. The normalized spacial score (nSPS) is 11.5. The molecule has 1 aromatic carbocycles. The molecule has 0 atom stereocenters. The van der Waals surface area contributed by atoms with Crippen LogP contribution in [0.15, 0.2) is 48.8 Å². The number of amides is 1. The van der Waals surface area contributed by atoms with Gasteiger partial charge in [-0.3, -0.25) is 4.79 Å². The molecule has 0 fully saturated rings. The zero-order chi connectivity index (χ0) is 17.2. The molecular formula is C16H12F3N3O2. The molecule has 0 saturated carbocycles. The summed E-state index contributed by atoms with van der Waals surface area (Å²) in [6.45, 7) is -0.0992. The van der Waals surface area contributed by atoms with Crippen LogP contribution in [0.3, 0.4) is 0 Å². The van der Waals surface area contributed by atoms with E-state index in [1.807, 2.05) is 0 Å². The van der Waals surface area contributed by atoms with Crippen LogP contribution in [0.2, 0.25) is 0 Å². The van der Waals surface area contributed by atoms with Crippen molar-refractivity contribution >= 4 is 16.9 Å². The number of aromatic amines is 1. The molecular weight excluding hydrogens is 323 g/mol. The number of halogens is 3. The van der Waals surface area contributed by atoms with E-state index in [2.05, 4.69) is 20.0 Å². The molecule has 0 aliphatic heterocycles. The van der Waals surface area contributed by atoms with Gasteiger partial charge in [-0.15, -0.1) is 13.2 Å². The van der Waals surface area contributed by atoms with E-state index in [4.69, 9.17) is 0 Å². The molecule has 2 aromatic heterocycles. The number of carbonyl (C=O) groups is 1. The molecule has 0 bridgehead atoms. The Bertz CT molecular complexity index is 874. The molecule has 0 aliphatic rings. The maximum atomic E-state index is 12.4. The van der Waals surface area contributed by atoms with E-state index in [0.717, 1.165) is 0 Å². The maximum absolute atomic E-state index is 12.4. The minimum absolute atomic E-state index is 0.0992. The molecule has 0 saturated heterocycles. The number of fused-ring (bicyclic) bond motifs is 1. The first-order valence-electron chi connectivity index (χ1n) is 6.98. The Morgan fingerprint density at radius 2 is 2.00 bits per heavy atom. The van der Waals surface area contributed by atoms with E-state index in [1.165, 1.54) is 24.4 Å². The Balaban J connectivity index is 1.75. The summed E-state index contributed by atoms with van der Waals surface area (Å²) in [5.74, 6) is -0.762. The molecule has 3 rings (SSSR count). The molecule has 0 unspecified atom stereocenters. The number of hydrogen-bond donors (Lipinski definition) is 2. The minimum Gasteiger partial charge on any atom is -0.405 e. The second kappa shape index (κ2) is 6.23. The average molecular weight is 335 g/mol. The number of hydrogen-bond acceptors (Lipinski definition) is 3. The van der Waals surface area contributed by atoms with Crippen molar-refractivity contribution in [3.05, 3.63) is 59.9 Å². The predicted molar refractivity (Wildman–Crippen MR) is 80.4 cm³/mol. The highest BCUT2D eigenvalue weighted by Crippen LogP contribution is 2.26. The van der Waals surface area contributed by atoms with Gasteiger partial charge < -0.3 is 15.0 Å². The van der Waals surface area contributed by atoms with Gasteiger partial charge in [0.15, 0.2) is 0 Å². The van der Waals surface area contributed by atoms with Gasteiger partial charge in [0, 0.05) is 29.9 Å². The van der Waals surface area contributed by atoms with Crippen molar-refractivity contribution in [3.63, 3.8) is 0 Å². The van der Waals surface area contributed by atoms with Crippen LogP contribution in [-0.2, 0) is 6.54 Å². The summed E-state index contributed by atoms with van der Waals surface area (Å²) in [7, 11) is 0. The fourth-order valence-corrected chi connectivity index (χ4v) is 2.29. The molecule has 3 aromatic rings. The molecule has 2 heterocycles. The van der Waals surface area contributed by atoms with Crippen molar-refractivity contribution in [1.82, 2.24) is 15.3 Å². The number of nitrogens with zero attached hydrogens (tertiary/aromatic N) is 1. The van der Waals surface area contributed by atoms with E-state index < -0.39 is 12.3 Å². The third-order valence-electron chi connectivity index (χ3n) is 3.33. The van der Waals surface area contributed by atoms with Gasteiger partial charge in [-0.25, -0.2) is 4.98 Å². The molecule has 5 nitrogen and oxygen atoms in total. The Hall–Kier alpha value is -3.03. The second-order valence-corrected chi connectivity index (χ2v) is 4.94. The van der Waals surface area contributed by atoms with E-state index in [-0.39, 0.29) is 17.9 Å². The van der Waals surface area contributed by atoms with Crippen molar-refractivity contribution in [2.75, 3.05) is 0 Å². The lowest BCUT2D eigenvalue weighted by atomic mass is 10.1. The van der Waals surface area contributed by atoms with Crippen LogP contribution in [0, 0.1) is 0 Å². The van der Waals surface area contributed by atoms with Crippen molar-refractivity contribution in [2.24, 2.45) is 0 Å². The Morgan fingerprint density at radius 3 is 2.79 bits per heavy atom. The number of carbonyl (C=O) groups excluding carboxylic acids is 1. The summed E-state index contributed by atoms with van der Waals surface area (Å²) in [5.41, 5.74) is 1.15. The Kier molecular flexibility index (Phi) is 4.11. The fraction of sp³-hybridized carbons (Fsp3) is 0.125. The van der Waals surface area contributed by atoms with Gasteiger partial charge in [-0.05, 0) is 18.2 Å². The number of rotatable bonds is 4. The number of aromatic nitrogens is 2. The SMILES string of the molecule is O=C(NCc1ccccc1OC(F)(F)F)c1c[nH]c2ncccc12. The Labute approximate surface area is 134 Å². The number of pyridine rings is 1. The summed E-state index contributed by atoms with van der Waals surface area (Å²) in [5, 5.41) is 3.22. The summed E-state index contributed by atoms with van der Waals surface area (Å²) >= 11 is 0. The fourth-order valence-electron chi connectivity index (χ4n) is 2.29. The van der Waals surface area contributed by atoms with E-state index in [0.29, 0.717) is 16.6 Å². The highest BCUT2D eigenvalue weighted by atomic mass is 19.4. The number of para-hydroxylation sites is 1. The van der Waals surface area contributed by atoms with Crippen molar-refractivity contribution < 1.29 is 22.7 Å². The first kappa shape index (κ1) is 15.9. The number of alkyl halides is 3. The first-order chi connectivity index (χ1) is 11.4. The molecule has 1 amide bonds. The topological polar surface area (TPSA) is 67.0 Å². The van der Waals surface area contributed by atoms with Crippen LogP contribution in [0.4, 0.5) is 13.2 Å². The predicted octanol–water partition coefficient (Wildman–Crippen LogP) is 3.39. The number of H-pyrrole nitrogens is 1. The summed E-state index contributed by atoms with van der Waals surface area (Å²) in [6.07, 6.45) is -1.70. The first-order valence-corrected chi connectivity index (χ1v) is 6.98. The lowest BCUT2D eigenvalue weighted by Gasteiger charge is -2.13. The Morgan fingerprint density at radius 1 is 1.21 bits per heavy atom. The van der Waals surface area contributed by atoms with E-state index in [1.54, 1.807) is 24.4 Å². The van der Waals surface area contributed by atoms with Crippen LogP contribution in [0.25, 0.3) is 11.0 Å². The van der Waals surface area contributed by atoms with Gasteiger partial charge in [0.1, 0.15) is 11.4 Å². The van der Waals surface area contributed by atoms with Gasteiger partial charge in [0.2, 0.25) is 0 Å². The molecule has 124 valence electrons. The molecule has 8 heteroatoms. The maximum Gasteiger partial charge on any atom is 0.573 e. The van der Waals surface area contributed by atoms with Gasteiger partial charge in [0.25, 0.3) is 5.91 Å². The molecule has 0 radical (unpaired) electrons. The smallest absolute Gasteiger partial charge is 0.405 e. The standard InChI is InChI=1S/C16H12F3N3O2/c17-16(18,19)24-13-6-2-1-4-10(13)8-22-15(23)12-9-21-14-11(12)5-3-7-20-14/h1-7,9H,8H2,(H,20,21)(H,22,23). The molecule has 0 aliphatic carbocycles. The van der Waals surface area contributed by atoms with Crippen LogP contribution >= 0.6 is 0 Å². The van der Waals surface area contributed by atoms with Gasteiger partial charge in [-0.1, -0.05) is 18.2 Å². The van der Waals surface area contributed by atoms with Crippen LogP contribution in [-0.4, -0.2) is 22.2 Å². The zero-order valence-electron chi connectivity index (χ0n) is 12.2. The average Bonchev–Trinajstić information content (AvgIpc) is 2.96. The lowest BCUT2D eigenvalue weighted by Crippen LogP contribution is -2.24. The third-order valence-corrected chi connectivity index (χ3v) is 3.33. The van der Waals surface area contributed by atoms with E-state index >= 15 is 0 Å². The number of ether oxygens (including phenoxy) is 1. The van der Waals surface area contributed by atoms with E-state index in [9.17, 15) is 18.0 Å². The second-order valence-electron chi connectivity index (χ2n) is 4.94. The zero-order valence-corrected chi connectivity index (χ0v) is 12.2. The monoisotopic (exact) mass is 335 g/mol. The van der Waals surface area contributed by atoms with Crippen molar-refractivity contribution in [2.45, 2.75) is 12.9 Å². The molecule has 2 N–H and O–H groups in total. The number of benzene rings is 1. The van der Waals surface area contributed by atoms with Crippen LogP contribution in [0.1, 0.15) is 15.9 Å². The molecule has 24 heavy (non-hydrogen) atoms. The number of nitrogens with one attached hydrogen (secondary N) is 2. The third kappa shape index (κ3) is 3.48. The van der Waals surface area contributed by atoms with Crippen LogP contribution in [0.5, 0.6) is 5.75 Å². The van der Waals surface area contributed by atoms with Gasteiger partial charge >= 0.3 is 6.36 Å².